The third kappa shape index (κ3) is 13.0. The van der Waals surface area contributed by atoms with Gasteiger partial charge in [-0.15, -0.1) is 11.3 Å². The number of aromatic nitrogens is 1. The Morgan fingerprint density at radius 2 is 1.91 bits per heavy atom. The normalized spacial score (nSPS) is 22.3. The molecule has 0 fully saturated rings. The van der Waals surface area contributed by atoms with E-state index in [-0.39, 0.29) is 41.5 Å². The van der Waals surface area contributed by atoms with E-state index in [0.29, 0.717) is 17.2 Å². The molecule has 1 aromatic rings. The quantitative estimate of drug-likeness (QED) is 0.201. The van der Waals surface area contributed by atoms with Gasteiger partial charge in [-0.2, -0.15) is 0 Å². The third-order valence-electron chi connectivity index (χ3n) is 6.71. The Morgan fingerprint density at radius 1 is 1.24 bits per heavy atom. The van der Waals surface area contributed by atoms with E-state index in [9.17, 15) is 29.1 Å². The summed E-state index contributed by atoms with van der Waals surface area (Å²) in [6, 6.07) is -1.59. The van der Waals surface area contributed by atoms with Gasteiger partial charge in [-0.05, 0) is 52.9 Å². The summed E-state index contributed by atoms with van der Waals surface area (Å²) in [4.78, 5) is 68.2. The van der Waals surface area contributed by atoms with E-state index < -0.39 is 53.5 Å². The second kappa shape index (κ2) is 17.2. The second-order valence-electron chi connectivity index (χ2n) is 13.2. The molecule has 4 atom stereocenters. The molecule has 1 aliphatic heterocycles. The number of carbonyl (C=O) groups excluding carboxylic acids is 5. The summed E-state index contributed by atoms with van der Waals surface area (Å²) in [5.41, 5.74) is -1.89. The molecule has 2 bridgehead atoms. The number of ether oxygens (including phenoxy) is 2. The second-order valence-corrected chi connectivity index (χ2v) is 15.3. The zero-order valence-electron chi connectivity index (χ0n) is 28.1. The molecule has 0 aromatic carbocycles. The molecule has 4 amide bonds. The molecule has 0 radical (unpaired) electrons. The van der Waals surface area contributed by atoms with E-state index in [1.54, 1.807) is 66.0 Å². The van der Waals surface area contributed by atoms with Gasteiger partial charge in [-0.3, -0.25) is 19.2 Å². The molecule has 258 valence electrons. The summed E-state index contributed by atoms with van der Waals surface area (Å²) in [6.07, 6.45) is 0.687. The summed E-state index contributed by atoms with van der Waals surface area (Å²) in [7, 11) is 0. The lowest BCUT2D eigenvalue weighted by atomic mass is 9.99. The predicted octanol–water partition coefficient (Wildman–Crippen LogP) is 3.27. The van der Waals surface area contributed by atoms with E-state index in [1.807, 2.05) is 13.8 Å². The number of rotatable bonds is 8. The molecular weight excluding hydrogens is 635 g/mol. The lowest BCUT2D eigenvalue weighted by molar-refractivity contribution is -0.159. The fraction of sp³-hybridized carbons (Fsp3) is 0.677. The van der Waals surface area contributed by atoms with Crippen molar-refractivity contribution >= 4 is 52.0 Å². The molecule has 15 heteroatoms. The molecular formula is C31H49N5O8S2. The van der Waals surface area contributed by atoms with Gasteiger partial charge in [0.05, 0.1) is 25.1 Å². The number of thiazole rings is 1. The number of hydrogen-bond acceptors (Lipinski definition) is 11. The average molecular weight is 684 g/mol. The highest BCUT2D eigenvalue weighted by atomic mass is 32.2. The first-order chi connectivity index (χ1) is 21.3. The van der Waals surface area contributed by atoms with Crippen LogP contribution in [0.5, 0.6) is 0 Å². The average Bonchev–Trinajstić information content (AvgIpc) is 3.40. The van der Waals surface area contributed by atoms with Crippen LogP contribution in [0.2, 0.25) is 0 Å². The molecule has 4 unspecified atom stereocenters. The smallest absolute Gasteiger partial charge is 0.408 e. The molecule has 2 heterocycles. The summed E-state index contributed by atoms with van der Waals surface area (Å²) in [6.45, 7) is 15.7. The fourth-order valence-electron chi connectivity index (χ4n) is 4.15. The molecule has 5 N–H and O–H groups in total. The number of hydrogen-bond donors (Lipinski definition) is 5. The van der Waals surface area contributed by atoms with Gasteiger partial charge in [-0.1, -0.05) is 51.6 Å². The van der Waals surface area contributed by atoms with Crippen molar-refractivity contribution in [1.29, 1.82) is 0 Å². The van der Waals surface area contributed by atoms with Gasteiger partial charge < -0.3 is 35.8 Å². The van der Waals surface area contributed by atoms with Crippen LogP contribution in [0.15, 0.2) is 17.5 Å². The standard InChI is InChI=1S/C31H49N5O8S2/c1-17(2)23-26(39)43-19(12-10-11-13-45-27(40)24(18(3)4)35-29(42)44-30(5,6)7)14-21(37)32-15-22-33-20(16-46-22)25(38)36-31(8,9)28(41)34-23/h10,12,16-19,23-24,26,39H,11,13-15H2,1-9H3,(H,32,37)(H,34,41)(H,35,42)(H,36,38). The number of amides is 4. The Balaban J connectivity index is 2.15. The molecule has 46 heavy (non-hydrogen) atoms. The summed E-state index contributed by atoms with van der Waals surface area (Å²) in [5.74, 6) is -1.47. The van der Waals surface area contributed by atoms with Crippen LogP contribution >= 0.6 is 23.1 Å². The highest BCUT2D eigenvalue weighted by Crippen LogP contribution is 2.19. The maximum atomic E-state index is 13.2. The minimum atomic E-state index is -1.48. The Labute approximate surface area is 279 Å². The van der Waals surface area contributed by atoms with Crippen molar-refractivity contribution in [3.63, 3.8) is 0 Å². The first-order valence-electron chi connectivity index (χ1n) is 15.3. The minimum absolute atomic E-state index is 0.0847. The van der Waals surface area contributed by atoms with Crippen LogP contribution in [-0.4, -0.2) is 80.4 Å². The Morgan fingerprint density at radius 3 is 2.52 bits per heavy atom. The molecule has 2 rings (SSSR count). The van der Waals surface area contributed by atoms with E-state index in [2.05, 4.69) is 26.3 Å². The monoisotopic (exact) mass is 683 g/mol. The number of nitrogens with one attached hydrogen (secondary N) is 4. The Hall–Kier alpha value is -3.01. The van der Waals surface area contributed by atoms with Crippen molar-refractivity contribution in [2.24, 2.45) is 11.8 Å². The molecule has 1 aliphatic rings. The lowest BCUT2D eigenvalue weighted by Crippen LogP contribution is -2.60. The number of aliphatic hydroxyl groups excluding tert-OH is 1. The number of carbonyl (C=O) groups is 5. The van der Waals surface area contributed by atoms with Crippen LogP contribution in [0.1, 0.15) is 90.7 Å². The first-order valence-corrected chi connectivity index (χ1v) is 17.2. The van der Waals surface area contributed by atoms with Crippen LogP contribution in [0.3, 0.4) is 0 Å². The van der Waals surface area contributed by atoms with Crippen LogP contribution in [-0.2, 0) is 30.4 Å². The van der Waals surface area contributed by atoms with Crippen molar-refractivity contribution in [2.45, 2.75) is 117 Å². The molecule has 0 saturated heterocycles. The number of thioether (sulfide) groups is 1. The van der Waals surface area contributed by atoms with Crippen molar-refractivity contribution in [3.8, 4) is 0 Å². The minimum Gasteiger partial charge on any atom is -0.444 e. The molecule has 0 saturated carbocycles. The van der Waals surface area contributed by atoms with Crippen LogP contribution < -0.4 is 21.3 Å². The van der Waals surface area contributed by atoms with Crippen LogP contribution in [0.25, 0.3) is 0 Å². The molecule has 0 spiro atoms. The topological polar surface area (TPSA) is 185 Å². The number of allylic oxidation sites excluding steroid dienone is 1. The van der Waals surface area contributed by atoms with E-state index >= 15 is 0 Å². The number of nitrogens with zero attached hydrogens (tertiary/aromatic N) is 1. The highest BCUT2D eigenvalue weighted by Gasteiger charge is 2.36. The van der Waals surface area contributed by atoms with Crippen molar-refractivity contribution < 1.29 is 38.6 Å². The van der Waals surface area contributed by atoms with Gasteiger partial charge in [0.1, 0.15) is 27.9 Å². The number of aliphatic hydroxyl groups is 1. The van der Waals surface area contributed by atoms with Gasteiger partial charge in [0, 0.05) is 11.1 Å². The maximum Gasteiger partial charge on any atom is 0.408 e. The van der Waals surface area contributed by atoms with Gasteiger partial charge in [-0.25, -0.2) is 9.78 Å². The van der Waals surface area contributed by atoms with Gasteiger partial charge in [0.15, 0.2) is 6.29 Å². The van der Waals surface area contributed by atoms with Crippen LogP contribution in [0.4, 0.5) is 4.79 Å². The maximum absolute atomic E-state index is 13.2. The van der Waals surface area contributed by atoms with Gasteiger partial charge in [0.25, 0.3) is 5.91 Å². The lowest BCUT2D eigenvalue weighted by Gasteiger charge is -2.33. The zero-order valence-corrected chi connectivity index (χ0v) is 29.7. The van der Waals surface area contributed by atoms with E-state index in [0.717, 1.165) is 11.8 Å². The molecule has 1 aromatic heterocycles. The van der Waals surface area contributed by atoms with Crippen molar-refractivity contribution in [1.82, 2.24) is 26.3 Å². The summed E-state index contributed by atoms with van der Waals surface area (Å²) in [5, 5.41) is 23.8. The number of alkyl carbamates (subject to hydrolysis) is 1. The fourth-order valence-corrected chi connectivity index (χ4v) is 5.83. The Bertz CT molecular complexity index is 1260. The Kier molecular flexibility index (Phi) is 14.7. The van der Waals surface area contributed by atoms with Gasteiger partial charge >= 0.3 is 6.09 Å². The zero-order chi connectivity index (χ0) is 34.8. The predicted molar refractivity (Wildman–Crippen MR) is 177 cm³/mol. The SMILES string of the molecule is CC(C)C(NC(=O)OC(C)(C)C)C(=O)SCCC=CC1CC(=O)NCc2nc(cs2)C(=O)NC(C)(C)C(=O)NC(C(C)C)C(O)O1. The van der Waals surface area contributed by atoms with Crippen LogP contribution in [0, 0.1) is 11.8 Å². The van der Waals surface area contributed by atoms with E-state index in [1.165, 1.54) is 11.3 Å². The van der Waals surface area contributed by atoms with Gasteiger partial charge in [0.2, 0.25) is 16.9 Å². The summed E-state index contributed by atoms with van der Waals surface area (Å²) < 4.78 is 11.2. The molecule has 13 nitrogen and oxygen atoms in total. The summed E-state index contributed by atoms with van der Waals surface area (Å²) >= 11 is 2.27. The van der Waals surface area contributed by atoms with Crippen molar-refractivity contribution in [2.75, 3.05) is 5.75 Å². The molecule has 0 aliphatic carbocycles. The van der Waals surface area contributed by atoms with Crippen molar-refractivity contribution in [3.05, 3.63) is 28.2 Å². The highest BCUT2D eigenvalue weighted by molar-refractivity contribution is 8.13. The largest absolute Gasteiger partial charge is 0.444 e. The third-order valence-corrected chi connectivity index (χ3v) is 8.54. The number of fused-ring (bicyclic) bond motifs is 2. The first kappa shape index (κ1) is 39.2. The van der Waals surface area contributed by atoms with E-state index in [4.69, 9.17) is 9.47 Å².